The minimum absolute atomic E-state index is 0.0547. The number of piperazine rings is 1. The Balaban J connectivity index is 2.21. The molecule has 0 aliphatic carbocycles. The van der Waals surface area contributed by atoms with Gasteiger partial charge in [0, 0.05) is 13.1 Å². The predicted octanol–water partition coefficient (Wildman–Crippen LogP) is 0.248. The van der Waals surface area contributed by atoms with E-state index in [1.54, 1.807) is 4.90 Å². The topological polar surface area (TPSA) is 80.2 Å². The number of anilines is 1. The summed E-state index contributed by atoms with van der Waals surface area (Å²) in [6.45, 7) is 5.13. The summed E-state index contributed by atoms with van der Waals surface area (Å²) in [5.74, 6) is 0.296. The van der Waals surface area contributed by atoms with Gasteiger partial charge in [0.1, 0.15) is 0 Å². The lowest BCUT2D eigenvalue weighted by molar-refractivity contribution is -0.120. The summed E-state index contributed by atoms with van der Waals surface area (Å²) in [4.78, 5) is 25.1. The Bertz CT molecular complexity index is 454. The van der Waals surface area contributed by atoms with Crippen LogP contribution >= 0.6 is 11.6 Å². The molecule has 0 saturated carbocycles. The molecular formula is C10H14ClN5O2. The molecule has 0 radical (unpaired) electrons. The third-order valence-corrected chi connectivity index (χ3v) is 2.41. The number of hydrogen-bond acceptors (Lipinski definition) is 6. The zero-order valence-electron chi connectivity index (χ0n) is 10.2. The van der Waals surface area contributed by atoms with Crippen LogP contribution in [0.5, 0.6) is 6.01 Å². The molecule has 8 heteroatoms. The van der Waals surface area contributed by atoms with E-state index in [-0.39, 0.29) is 29.8 Å². The van der Waals surface area contributed by atoms with Gasteiger partial charge in [-0.3, -0.25) is 4.79 Å². The largest absolute Gasteiger partial charge is 0.461 e. The Kier molecular flexibility index (Phi) is 3.81. The summed E-state index contributed by atoms with van der Waals surface area (Å²) in [6.07, 6.45) is -0.0547. The predicted molar refractivity (Wildman–Crippen MR) is 65.8 cm³/mol. The molecule has 2 rings (SSSR count). The fraction of sp³-hybridized carbons (Fsp3) is 0.600. The van der Waals surface area contributed by atoms with Gasteiger partial charge in [-0.1, -0.05) is 0 Å². The van der Waals surface area contributed by atoms with E-state index < -0.39 is 0 Å². The van der Waals surface area contributed by atoms with Gasteiger partial charge in [0.15, 0.2) is 0 Å². The highest BCUT2D eigenvalue weighted by Crippen LogP contribution is 2.16. The van der Waals surface area contributed by atoms with Crippen molar-refractivity contribution in [3.63, 3.8) is 0 Å². The van der Waals surface area contributed by atoms with Crippen molar-refractivity contribution < 1.29 is 9.53 Å². The van der Waals surface area contributed by atoms with Crippen LogP contribution in [0.4, 0.5) is 5.95 Å². The van der Waals surface area contributed by atoms with Crippen molar-refractivity contribution in [2.75, 3.05) is 24.5 Å². The highest BCUT2D eigenvalue weighted by Gasteiger charge is 2.20. The first-order valence-corrected chi connectivity index (χ1v) is 6.02. The second kappa shape index (κ2) is 5.34. The second-order valence-electron chi connectivity index (χ2n) is 4.13. The van der Waals surface area contributed by atoms with Crippen molar-refractivity contribution in [1.82, 2.24) is 20.3 Å². The van der Waals surface area contributed by atoms with E-state index in [1.165, 1.54) is 0 Å². The van der Waals surface area contributed by atoms with Gasteiger partial charge in [0.25, 0.3) is 0 Å². The van der Waals surface area contributed by atoms with Gasteiger partial charge >= 0.3 is 6.01 Å². The molecule has 1 aromatic rings. The molecule has 1 saturated heterocycles. The lowest BCUT2D eigenvalue weighted by atomic mass is 10.4. The summed E-state index contributed by atoms with van der Waals surface area (Å²) < 4.78 is 5.38. The SMILES string of the molecule is CC(C)Oc1nc(Cl)nc(N2CCNC(=O)C2)n1. The smallest absolute Gasteiger partial charge is 0.322 e. The Morgan fingerprint density at radius 1 is 1.39 bits per heavy atom. The molecule has 1 aliphatic heterocycles. The number of carbonyl (C=O) groups is 1. The third kappa shape index (κ3) is 3.19. The maximum atomic E-state index is 11.3. The Hall–Kier alpha value is -1.63. The summed E-state index contributed by atoms with van der Waals surface area (Å²) in [5, 5.41) is 2.78. The van der Waals surface area contributed by atoms with Crippen LogP contribution in [-0.4, -0.2) is 46.6 Å². The number of halogens is 1. The number of amides is 1. The molecule has 1 fully saturated rings. The molecule has 7 nitrogen and oxygen atoms in total. The lowest BCUT2D eigenvalue weighted by Crippen LogP contribution is -2.48. The van der Waals surface area contributed by atoms with Gasteiger partial charge in [-0.05, 0) is 25.4 Å². The van der Waals surface area contributed by atoms with Crippen LogP contribution in [0.15, 0.2) is 0 Å². The minimum atomic E-state index is -0.0656. The van der Waals surface area contributed by atoms with E-state index in [9.17, 15) is 4.79 Å². The van der Waals surface area contributed by atoms with Gasteiger partial charge in [-0.25, -0.2) is 0 Å². The van der Waals surface area contributed by atoms with Crippen molar-refractivity contribution in [3.05, 3.63) is 5.28 Å². The first kappa shape index (κ1) is 12.8. The lowest BCUT2D eigenvalue weighted by Gasteiger charge is -2.26. The number of nitrogens with one attached hydrogen (secondary N) is 1. The van der Waals surface area contributed by atoms with Crippen molar-refractivity contribution in [1.29, 1.82) is 0 Å². The summed E-state index contributed by atoms with van der Waals surface area (Å²) in [6, 6.07) is 0.172. The first-order valence-electron chi connectivity index (χ1n) is 5.64. The van der Waals surface area contributed by atoms with Gasteiger partial charge in [-0.15, -0.1) is 0 Å². The van der Waals surface area contributed by atoms with Gasteiger partial charge in [0.05, 0.1) is 12.6 Å². The molecule has 2 heterocycles. The van der Waals surface area contributed by atoms with Crippen LogP contribution in [-0.2, 0) is 4.79 Å². The molecule has 0 bridgehead atoms. The van der Waals surface area contributed by atoms with E-state index in [0.29, 0.717) is 19.0 Å². The molecule has 1 aliphatic rings. The normalized spacial score (nSPS) is 15.8. The molecule has 0 spiro atoms. The van der Waals surface area contributed by atoms with Crippen LogP contribution in [0.3, 0.4) is 0 Å². The van der Waals surface area contributed by atoms with E-state index in [2.05, 4.69) is 20.3 Å². The van der Waals surface area contributed by atoms with Crippen molar-refractivity contribution in [2.45, 2.75) is 20.0 Å². The van der Waals surface area contributed by atoms with E-state index in [1.807, 2.05) is 13.8 Å². The zero-order chi connectivity index (χ0) is 13.1. The molecule has 1 amide bonds. The van der Waals surface area contributed by atoms with Gasteiger partial charge < -0.3 is 15.0 Å². The van der Waals surface area contributed by atoms with E-state index in [4.69, 9.17) is 16.3 Å². The van der Waals surface area contributed by atoms with Crippen LogP contribution in [0, 0.1) is 0 Å². The second-order valence-corrected chi connectivity index (χ2v) is 4.46. The van der Waals surface area contributed by atoms with Crippen LogP contribution in [0.25, 0.3) is 0 Å². The van der Waals surface area contributed by atoms with Crippen molar-refractivity contribution >= 4 is 23.5 Å². The third-order valence-electron chi connectivity index (χ3n) is 2.24. The molecular weight excluding hydrogens is 258 g/mol. The van der Waals surface area contributed by atoms with E-state index >= 15 is 0 Å². The highest BCUT2D eigenvalue weighted by atomic mass is 35.5. The fourth-order valence-corrected chi connectivity index (χ4v) is 1.68. The van der Waals surface area contributed by atoms with Crippen LogP contribution in [0.2, 0.25) is 5.28 Å². The number of rotatable bonds is 3. The van der Waals surface area contributed by atoms with Crippen molar-refractivity contribution in [2.24, 2.45) is 0 Å². The monoisotopic (exact) mass is 271 g/mol. The molecule has 18 heavy (non-hydrogen) atoms. The average molecular weight is 272 g/mol. The number of hydrogen-bond donors (Lipinski definition) is 1. The van der Waals surface area contributed by atoms with Crippen molar-refractivity contribution in [3.8, 4) is 6.01 Å². The van der Waals surface area contributed by atoms with E-state index in [0.717, 1.165) is 0 Å². The molecule has 1 aromatic heterocycles. The van der Waals surface area contributed by atoms with Crippen LogP contribution in [0.1, 0.15) is 13.8 Å². The molecule has 0 atom stereocenters. The standard InChI is InChI=1S/C10H14ClN5O2/c1-6(2)18-10-14-8(11)13-9(15-10)16-4-3-12-7(17)5-16/h6H,3-5H2,1-2H3,(H,12,17). The van der Waals surface area contributed by atoms with Gasteiger partial charge in [0.2, 0.25) is 17.1 Å². The molecule has 0 unspecified atom stereocenters. The Labute approximate surface area is 110 Å². The average Bonchev–Trinajstić information content (AvgIpc) is 2.27. The van der Waals surface area contributed by atoms with Crippen LogP contribution < -0.4 is 15.0 Å². The number of carbonyl (C=O) groups excluding carboxylic acids is 1. The minimum Gasteiger partial charge on any atom is -0.461 e. The summed E-state index contributed by atoms with van der Waals surface area (Å²) in [7, 11) is 0. The van der Waals surface area contributed by atoms with Gasteiger partial charge in [-0.2, -0.15) is 15.0 Å². The summed E-state index contributed by atoms with van der Waals surface area (Å²) >= 11 is 5.82. The quantitative estimate of drug-likeness (QED) is 0.849. The number of ether oxygens (including phenoxy) is 1. The molecule has 98 valence electrons. The Morgan fingerprint density at radius 3 is 2.83 bits per heavy atom. The molecule has 0 aromatic carbocycles. The fourth-order valence-electron chi connectivity index (χ4n) is 1.54. The highest BCUT2D eigenvalue weighted by molar-refractivity contribution is 6.28. The molecule has 1 N–H and O–H groups in total. The Morgan fingerprint density at radius 2 is 2.17 bits per heavy atom. The number of nitrogens with zero attached hydrogens (tertiary/aromatic N) is 4. The number of aromatic nitrogens is 3. The summed E-state index contributed by atoms with van der Waals surface area (Å²) in [5.41, 5.74) is 0. The zero-order valence-corrected chi connectivity index (χ0v) is 10.9. The maximum absolute atomic E-state index is 11.3. The maximum Gasteiger partial charge on any atom is 0.322 e. The first-order chi connectivity index (χ1) is 8.54.